The first-order valence-corrected chi connectivity index (χ1v) is 8.73. The van der Waals surface area contributed by atoms with E-state index in [4.69, 9.17) is 0 Å². The molecule has 9 heteroatoms. The molecule has 0 radical (unpaired) electrons. The SMILES string of the molecule is O=C(Nc1cccc(O)c1)c1ccc(N2C(=O)c3cccc([N+](=O)[O-])c3C2=O)cc1. The Kier molecular flexibility index (Phi) is 4.47. The van der Waals surface area contributed by atoms with Crippen molar-refractivity contribution in [2.75, 3.05) is 10.2 Å². The van der Waals surface area contributed by atoms with Gasteiger partial charge in [-0.05, 0) is 42.5 Å². The van der Waals surface area contributed by atoms with Gasteiger partial charge in [0.05, 0.1) is 16.2 Å². The molecule has 2 N–H and O–H groups in total. The number of phenols is 1. The lowest BCUT2D eigenvalue weighted by molar-refractivity contribution is -0.385. The van der Waals surface area contributed by atoms with Crippen LogP contribution in [0.5, 0.6) is 5.75 Å². The molecule has 3 aromatic rings. The van der Waals surface area contributed by atoms with Crippen LogP contribution in [0.2, 0.25) is 0 Å². The summed E-state index contributed by atoms with van der Waals surface area (Å²) in [5, 5.41) is 23.3. The minimum absolute atomic E-state index is 0.00265. The molecule has 1 heterocycles. The summed E-state index contributed by atoms with van der Waals surface area (Å²) in [5.74, 6) is -1.91. The Morgan fingerprint density at radius 2 is 1.67 bits per heavy atom. The molecule has 0 aromatic heterocycles. The number of hydrogen-bond donors (Lipinski definition) is 2. The molecule has 0 atom stereocenters. The number of fused-ring (bicyclic) bond motifs is 1. The lowest BCUT2D eigenvalue weighted by Gasteiger charge is -2.14. The number of nitrogens with one attached hydrogen (secondary N) is 1. The lowest BCUT2D eigenvalue weighted by Crippen LogP contribution is -2.29. The van der Waals surface area contributed by atoms with Crippen molar-refractivity contribution in [2.24, 2.45) is 0 Å². The fourth-order valence-electron chi connectivity index (χ4n) is 3.20. The van der Waals surface area contributed by atoms with E-state index in [1.807, 2.05) is 0 Å². The van der Waals surface area contributed by atoms with Gasteiger partial charge in [0.15, 0.2) is 0 Å². The maximum Gasteiger partial charge on any atom is 0.283 e. The van der Waals surface area contributed by atoms with Crippen molar-refractivity contribution in [2.45, 2.75) is 0 Å². The summed E-state index contributed by atoms with van der Waals surface area (Å²) in [6, 6.07) is 15.6. The summed E-state index contributed by atoms with van der Waals surface area (Å²) >= 11 is 0. The van der Waals surface area contributed by atoms with Crippen molar-refractivity contribution in [3.63, 3.8) is 0 Å². The number of anilines is 2. The van der Waals surface area contributed by atoms with Gasteiger partial charge in [-0.2, -0.15) is 0 Å². The molecule has 0 saturated carbocycles. The van der Waals surface area contributed by atoms with Crippen LogP contribution < -0.4 is 10.2 Å². The van der Waals surface area contributed by atoms with Crippen molar-refractivity contribution in [3.05, 3.63) is 93.5 Å². The van der Waals surface area contributed by atoms with Crippen molar-refractivity contribution in [1.29, 1.82) is 0 Å². The zero-order valence-corrected chi connectivity index (χ0v) is 15.2. The lowest BCUT2D eigenvalue weighted by atomic mass is 10.1. The molecular formula is C21H13N3O6. The minimum Gasteiger partial charge on any atom is -0.508 e. The molecule has 3 aromatic carbocycles. The molecule has 0 saturated heterocycles. The molecule has 4 rings (SSSR count). The number of aromatic hydroxyl groups is 1. The summed E-state index contributed by atoms with van der Waals surface area (Å²) in [6.07, 6.45) is 0. The zero-order chi connectivity index (χ0) is 21.4. The van der Waals surface area contributed by atoms with Gasteiger partial charge < -0.3 is 10.4 Å². The molecule has 30 heavy (non-hydrogen) atoms. The van der Waals surface area contributed by atoms with E-state index in [1.165, 1.54) is 54.6 Å². The molecule has 0 spiro atoms. The van der Waals surface area contributed by atoms with E-state index in [0.29, 0.717) is 5.69 Å². The molecule has 9 nitrogen and oxygen atoms in total. The van der Waals surface area contributed by atoms with Gasteiger partial charge in [0, 0.05) is 23.4 Å². The Balaban J connectivity index is 1.59. The van der Waals surface area contributed by atoms with Crippen LogP contribution >= 0.6 is 0 Å². The van der Waals surface area contributed by atoms with Crippen LogP contribution in [0.25, 0.3) is 0 Å². The van der Waals surface area contributed by atoms with E-state index in [-0.39, 0.29) is 28.1 Å². The van der Waals surface area contributed by atoms with Gasteiger partial charge in [-0.15, -0.1) is 0 Å². The third-order valence-electron chi connectivity index (χ3n) is 4.58. The predicted octanol–water partition coefficient (Wildman–Crippen LogP) is 3.35. The smallest absolute Gasteiger partial charge is 0.283 e. The second-order valence-corrected chi connectivity index (χ2v) is 6.45. The Morgan fingerprint density at radius 1 is 0.967 bits per heavy atom. The molecule has 0 unspecified atom stereocenters. The minimum atomic E-state index is -0.792. The van der Waals surface area contributed by atoms with Crippen LogP contribution in [0.4, 0.5) is 17.1 Å². The van der Waals surface area contributed by atoms with E-state index < -0.39 is 28.3 Å². The number of nitro groups is 1. The number of nitro benzene ring substituents is 1. The molecular weight excluding hydrogens is 390 g/mol. The molecule has 0 aliphatic carbocycles. The fraction of sp³-hybridized carbons (Fsp3) is 0. The average Bonchev–Trinajstić information content (AvgIpc) is 2.98. The van der Waals surface area contributed by atoms with Gasteiger partial charge in [0.25, 0.3) is 23.4 Å². The van der Waals surface area contributed by atoms with Crippen LogP contribution in [0.15, 0.2) is 66.7 Å². The number of carbonyl (C=O) groups excluding carboxylic acids is 3. The second kappa shape index (κ2) is 7.13. The summed E-state index contributed by atoms with van der Waals surface area (Å²) in [4.78, 5) is 49.1. The van der Waals surface area contributed by atoms with E-state index in [1.54, 1.807) is 12.1 Å². The molecule has 0 bridgehead atoms. The first-order valence-electron chi connectivity index (χ1n) is 8.73. The quantitative estimate of drug-likeness (QED) is 0.390. The maximum absolute atomic E-state index is 12.7. The predicted molar refractivity (Wildman–Crippen MR) is 107 cm³/mol. The van der Waals surface area contributed by atoms with Crippen molar-refractivity contribution in [1.82, 2.24) is 0 Å². The van der Waals surface area contributed by atoms with Crippen molar-refractivity contribution in [3.8, 4) is 5.75 Å². The molecule has 1 aliphatic heterocycles. The highest BCUT2D eigenvalue weighted by atomic mass is 16.6. The first kappa shape index (κ1) is 18.8. The largest absolute Gasteiger partial charge is 0.508 e. The second-order valence-electron chi connectivity index (χ2n) is 6.45. The highest BCUT2D eigenvalue weighted by Crippen LogP contribution is 2.33. The molecule has 0 fully saturated rings. The van der Waals surface area contributed by atoms with Gasteiger partial charge >= 0.3 is 0 Å². The van der Waals surface area contributed by atoms with Gasteiger partial charge in [0.2, 0.25) is 0 Å². The standard InChI is InChI=1S/C21H13N3O6/c25-15-4-1-3-13(11-15)22-19(26)12-7-9-14(10-8-12)23-20(27)16-5-2-6-17(24(29)30)18(16)21(23)28/h1-11,25H,(H,22,26). The van der Waals surface area contributed by atoms with Gasteiger partial charge in [-0.25, -0.2) is 4.90 Å². The van der Waals surface area contributed by atoms with Gasteiger partial charge in [-0.1, -0.05) is 12.1 Å². The van der Waals surface area contributed by atoms with Gasteiger partial charge in [-0.3, -0.25) is 24.5 Å². The molecule has 3 amide bonds. The number of phenolic OH excluding ortho intramolecular Hbond substituents is 1. The van der Waals surface area contributed by atoms with Crippen LogP contribution in [0.1, 0.15) is 31.1 Å². The number of nitrogens with zero attached hydrogens (tertiary/aromatic N) is 2. The summed E-state index contributed by atoms with van der Waals surface area (Å²) in [6.45, 7) is 0. The summed E-state index contributed by atoms with van der Waals surface area (Å²) < 4.78 is 0. The van der Waals surface area contributed by atoms with Crippen LogP contribution in [0.3, 0.4) is 0 Å². The average molecular weight is 403 g/mol. The van der Waals surface area contributed by atoms with E-state index in [0.717, 1.165) is 4.90 Å². The number of amides is 3. The van der Waals surface area contributed by atoms with Crippen LogP contribution in [0, 0.1) is 10.1 Å². The Morgan fingerprint density at radius 3 is 2.33 bits per heavy atom. The van der Waals surface area contributed by atoms with E-state index in [2.05, 4.69) is 5.32 Å². The van der Waals surface area contributed by atoms with Crippen LogP contribution in [-0.2, 0) is 0 Å². The Bertz CT molecular complexity index is 1220. The first-order chi connectivity index (χ1) is 14.4. The van der Waals surface area contributed by atoms with Crippen molar-refractivity contribution < 1.29 is 24.4 Å². The molecule has 1 aliphatic rings. The topological polar surface area (TPSA) is 130 Å². The number of imide groups is 1. The summed E-state index contributed by atoms with van der Waals surface area (Å²) in [5.41, 5.74) is 0.111. The third-order valence-corrected chi connectivity index (χ3v) is 4.58. The van der Waals surface area contributed by atoms with E-state index in [9.17, 15) is 29.6 Å². The third kappa shape index (κ3) is 3.14. The monoisotopic (exact) mass is 403 g/mol. The Labute approximate surface area is 169 Å². The highest BCUT2D eigenvalue weighted by Gasteiger charge is 2.41. The van der Waals surface area contributed by atoms with Crippen molar-refractivity contribution >= 4 is 34.8 Å². The van der Waals surface area contributed by atoms with Crippen LogP contribution in [-0.4, -0.2) is 27.8 Å². The highest BCUT2D eigenvalue weighted by molar-refractivity contribution is 6.35. The zero-order valence-electron chi connectivity index (χ0n) is 15.2. The van der Waals surface area contributed by atoms with Gasteiger partial charge in [0.1, 0.15) is 11.3 Å². The number of hydrogen-bond acceptors (Lipinski definition) is 6. The fourth-order valence-corrected chi connectivity index (χ4v) is 3.20. The molecule has 148 valence electrons. The number of benzene rings is 3. The number of carbonyl (C=O) groups is 3. The summed E-state index contributed by atoms with van der Waals surface area (Å²) in [7, 11) is 0. The maximum atomic E-state index is 12.7. The normalized spacial score (nSPS) is 12.6. The Hall–Kier alpha value is -4.53. The van der Waals surface area contributed by atoms with E-state index >= 15 is 0 Å². The number of rotatable bonds is 4.